The Morgan fingerprint density at radius 2 is 1.77 bits per heavy atom. The van der Waals surface area contributed by atoms with Gasteiger partial charge in [-0.3, -0.25) is 4.79 Å². The van der Waals surface area contributed by atoms with Gasteiger partial charge in [-0.25, -0.2) is 14.4 Å². The first-order valence-corrected chi connectivity index (χ1v) is 12.8. The summed E-state index contributed by atoms with van der Waals surface area (Å²) in [6.07, 6.45) is 4.11. The van der Waals surface area contributed by atoms with Gasteiger partial charge in [0.25, 0.3) is 0 Å². The molecule has 1 aromatic heterocycles. The zero-order valence-electron chi connectivity index (χ0n) is 22.2. The molecule has 0 aliphatic carbocycles. The molecule has 206 valence electrons. The number of hydrogen-bond acceptors (Lipinski definition) is 8. The number of halogens is 1. The van der Waals surface area contributed by atoms with Gasteiger partial charge in [-0.1, -0.05) is 12.6 Å². The van der Waals surface area contributed by atoms with E-state index in [2.05, 4.69) is 21.9 Å². The topological polar surface area (TPSA) is 95.0 Å². The number of methoxy groups -OCH3 is 2. The summed E-state index contributed by atoms with van der Waals surface area (Å²) in [5.41, 5.74) is 1.31. The number of nitrogens with one attached hydrogen (secondary N) is 1. The summed E-state index contributed by atoms with van der Waals surface area (Å²) >= 11 is 0. The molecule has 0 radical (unpaired) electrons. The average Bonchev–Trinajstić information content (AvgIpc) is 2.98. The third-order valence-corrected chi connectivity index (χ3v) is 6.60. The molecule has 0 atom stereocenters. The maximum absolute atomic E-state index is 13.6. The highest BCUT2D eigenvalue weighted by atomic mass is 19.1. The molecule has 1 amide bonds. The van der Waals surface area contributed by atoms with Crippen LogP contribution < -0.4 is 24.3 Å². The fraction of sp³-hybridized carbons (Fsp3) is 0.233. The molecular formula is C30H29FN4O5. The van der Waals surface area contributed by atoms with Gasteiger partial charge < -0.3 is 29.2 Å². The normalized spacial score (nSPS) is 13.5. The molecule has 2 heterocycles. The smallest absolute Gasteiger partial charge is 0.245 e. The number of likely N-dealkylation sites (tertiary alicyclic amines) is 1. The van der Waals surface area contributed by atoms with E-state index in [0.717, 1.165) is 5.39 Å². The summed E-state index contributed by atoms with van der Waals surface area (Å²) in [5, 5.41) is 4.04. The van der Waals surface area contributed by atoms with E-state index in [1.165, 1.54) is 24.5 Å². The third kappa shape index (κ3) is 5.90. The fourth-order valence-electron chi connectivity index (χ4n) is 4.55. The first kappa shape index (κ1) is 26.7. The van der Waals surface area contributed by atoms with Crippen LogP contribution in [0.15, 0.2) is 73.6 Å². The van der Waals surface area contributed by atoms with E-state index in [1.54, 1.807) is 55.5 Å². The Labute approximate surface area is 231 Å². The van der Waals surface area contributed by atoms with Crippen LogP contribution in [0.3, 0.4) is 0 Å². The molecule has 0 spiro atoms. The lowest BCUT2D eigenvalue weighted by molar-refractivity contribution is -0.127. The summed E-state index contributed by atoms with van der Waals surface area (Å²) in [4.78, 5) is 22.6. The molecule has 40 heavy (non-hydrogen) atoms. The van der Waals surface area contributed by atoms with Crippen molar-refractivity contribution in [2.45, 2.75) is 18.9 Å². The van der Waals surface area contributed by atoms with Crippen molar-refractivity contribution in [3.05, 3.63) is 79.4 Å². The molecular weight excluding hydrogens is 515 g/mol. The number of amides is 1. The quantitative estimate of drug-likeness (QED) is 0.261. The van der Waals surface area contributed by atoms with Crippen LogP contribution in [0.2, 0.25) is 0 Å². The predicted molar refractivity (Wildman–Crippen MR) is 149 cm³/mol. The number of nitrogens with zero attached hydrogens (tertiary/aromatic N) is 3. The van der Waals surface area contributed by atoms with Crippen molar-refractivity contribution in [2.75, 3.05) is 32.6 Å². The van der Waals surface area contributed by atoms with Gasteiger partial charge >= 0.3 is 0 Å². The van der Waals surface area contributed by atoms with E-state index in [4.69, 9.17) is 18.9 Å². The predicted octanol–water partition coefficient (Wildman–Crippen LogP) is 5.88. The molecule has 1 N–H and O–H groups in total. The average molecular weight is 545 g/mol. The molecule has 1 aliphatic heterocycles. The Kier molecular flexibility index (Phi) is 7.95. The molecule has 1 fully saturated rings. The Bertz CT molecular complexity index is 1540. The number of rotatable bonds is 9. The van der Waals surface area contributed by atoms with Crippen molar-refractivity contribution < 1.29 is 28.1 Å². The van der Waals surface area contributed by atoms with E-state index in [1.807, 2.05) is 6.07 Å². The monoisotopic (exact) mass is 544 g/mol. The Morgan fingerprint density at radius 3 is 2.50 bits per heavy atom. The number of carbonyl (C=O) groups excluding carboxylic acids is 1. The molecule has 4 aromatic rings. The van der Waals surface area contributed by atoms with E-state index >= 15 is 0 Å². The summed E-state index contributed by atoms with van der Waals surface area (Å²) < 4.78 is 36.9. The van der Waals surface area contributed by atoms with Crippen LogP contribution in [0, 0.1) is 5.82 Å². The van der Waals surface area contributed by atoms with Crippen LogP contribution in [-0.2, 0) is 4.79 Å². The van der Waals surface area contributed by atoms with Crippen molar-refractivity contribution in [3.8, 4) is 28.7 Å². The highest BCUT2D eigenvalue weighted by Gasteiger charge is 2.24. The second kappa shape index (κ2) is 11.9. The molecule has 9 nitrogen and oxygen atoms in total. The van der Waals surface area contributed by atoms with Gasteiger partial charge in [0.05, 0.1) is 25.4 Å². The van der Waals surface area contributed by atoms with Crippen molar-refractivity contribution in [3.63, 3.8) is 0 Å². The van der Waals surface area contributed by atoms with Crippen molar-refractivity contribution in [1.82, 2.24) is 14.9 Å². The largest absolute Gasteiger partial charge is 0.494 e. The first-order chi connectivity index (χ1) is 19.5. The lowest BCUT2D eigenvalue weighted by atomic mass is 10.1. The molecule has 10 heteroatoms. The Hall–Kier alpha value is -4.86. The lowest BCUT2D eigenvalue weighted by Crippen LogP contribution is -2.41. The third-order valence-electron chi connectivity index (χ3n) is 6.60. The molecule has 1 saturated heterocycles. The maximum atomic E-state index is 13.6. The van der Waals surface area contributed by atoms with E-state index in [9.17, 15) is 9.18 Å². The maximum Gasteiger partial charge on any atom is 0.245 e. The highest BCUT2D eigenvalue weighted by Crippen LogP contribution is 2.38. The van der Waals surface area contributed by atoms with Crippen LogP contribution in [0.4, 0.5) is 15.9 Å². The van der Waals surface area contributed by atoms with Gasteiger partial charge in [-0.15, -0.1) is 0 Å². The number of ether oxygens (including phenoxy) is 4. The standard InChI is InChI=1S/C30H29FN4O5/c1-4-29(36)35-12-10-20(11-13-35)40-28-16-23-25(17-27(28)38-3)32-18-33-30(23)34-24-9-8-22(15-26(24)37-2)39-21-7-5-6-19(31)14-21/h4-9,14-18,20H,1,10-13H2,2-3H3,(H,32,33,34). The minimum absolute atomic E-state index is 0.0708. The molecule has 0 bridgehead atoms. The molecule has 1 aliphatic rings. The number of piperidine rings is 1. The number of fused-ring (bicyclic) bond motifs is 1. The molecule has 3 aromatic carbocycles. The number of aromatic nitrogens is 2. The highest BCUT2D eigenvalue weighted by molar-refractivity contribution is 5.93. The second-order valence-electron chi connectivity index (χ2n) is 9.14. The van der Waals surface area contributed by atoms with E-state index in [-0.39, 0.29) is 17.8 Å². The second-order valence-corrected chi connectivity index (χ2v) is 9.14. The van der Waals surface area contributed by atoms with Gasteiger partial charge in [0.15, 0.2) is 11.5 Å². The summed E-state index contributed by atoms with van der Waals surface area (Å²) in [6.45, 7) is 4.76. The Balaban J connectivity index is 1.39. The number of anilines is 2. The van der Waals surface area contributed by atoms with Crippen LogP contribution in [0.25, 0.3) is 10.9 Å². The molecule has 5 rings (SSSR count). The van der Waals surface area contributed by atoms with Crippen LogP contribution in [0.5, 0.6) is 28.7 Å². The number of hydrogen-bond donors (Lipinski definition) is 1. The van der Waals surface area contributed by atoms with Gasteiger partial charge in [-0.2, -0.15) is 0 Å². The number of carbonyl (C=O) groups is 1. The zero-order valence-corrected chi connectivity index (χ0v) is 22.2. The van der Waals surface area contributed by atoms with Crippen LogP contribution in [0.1, 0.15) is 12.8 Å². The first-order valence-electron chi connectivity index (χ1n) is 12.8. The van der Waals surface area contributed by atoms with Crippen molar-refractivity contribution in [2.24, 2.45) is 0 Å². The molecule has 0 saturated carbocycles. The minimum Gasteiger partial charge on any atom is -0.494 e. The zero-order chi connectivity index (χ0) is 28.1. The SMILES string of the molecule is C=CC(=O)N1CCC(Oc2cc3c(Nc4ccc(Oc5cccc(F)c5)cc4OC)ncnc3cc2OC)CC1. The fourth-order valence-corrected chi connectivity index (χ4v) is 4.55. The summed E-state index contributed by atoms with van der Waals surface area (Å²) in [5.74, 6) is 2.58. The minimum atomic E-state index is -0.383. The van der Waals surface area contributed by atoms with Crippen molar-refractivity contribution >= 4 is 28.3 Å². The van der Waals surface area contributed by atoms with E-state index in [0.29, 0.717) is 71.7 Å². The van der Waals surface area contributed by atoms with Crippen molar-refractivity contribution in [1.29, 1.82) is 0 Å². The summed E-state index contributed by atoms with van der Waals surface area (Å²) in [7, 11) is 3.13. The summed E-state index contributed by atoms with van der Waals surface area (Å²) in [6, 6.07) is 14.8. The lowest BCUT2D eigenvalue weighted by Gasteiger charge is -2.31. The van der Waals surface area contributed by atoms with Gasteiger partial charge in [0.1, 0.15) is 41.3 Å². The van der Waals surface area contributed by atoms with E-state index < -0.39 is 0 Å². The van der Waals surface area contributed by atoms with Crippen LogP contribution >= 0.6 is 0 Å². The number of benzene rings is 3. The van der Waals surface area contributed by atoms with Gasteiger partial charge in [-0.05, 0) is 36.4 Å². The molecule has 0 unspecified atom stereocenters. The Morgan fingerprint density at radius 1 is 1.00 bits per heavy atom. The van der Waals surface area contributed by atoms with Gasteiger partial charge in [0.2, 0.25) is 5.91 Å². The van der Waals surface area contributed by atoms with Crippen LogP contribution in [-0.4, -0.2) is 54.2 Å². The van der Waals surface area contributed by atoms with Gasteiger partial charge in [0, 0.05) is 49.5 Å².